The summed E-state index contributed by atoms with van der Waals surface area (Å²) >= 11 is 5.15. The van der Waals surface area contributed by atoms with Gasteiger partial charge in [0.1, 0.15) is 0 Å². The highest BCUT2D eigenvalue weighted by atomic mass is 79.9. The Morgan fingerprint density at radius 1 is 1.37 bits per heavy atom. The van der Waals surface area contributed by atoms with E-state index in [4.69, 9.17) is 0 Å². The smallest absolute Gasteiger partial charge is 0.244 e. The van der Waals surface area contributed by atoms with Crippen molar-refractivity contribution in [2.24, 2.45) is 0 Å². The molecule has 1 saturated heterocycles. The molecule has 1 aliphatic heterocycles. The number of benzene rings is 1. The van der Waals surface area contributed by atoms with E-state index in [0.29, 0.717) is 29.0 Å². The summed E-state index contributed by atoms with van der Waals surface area (Å²) in [7, 11) is -1.54. The molecule has 0 amide bonds. The van der Waals surface area contributed by atoms with Crippen LogP contribution in [0.3, 0.4) is 0 Å². The highest BCUT2D eigenvalue weighted by Crippen LogP contribution is 2.27. The van der Waals surface area contributed by atoms with Crippen LogP contribution in [0.4, 0.5) is 0 Å². The molecule has 1 fully saturated rings. The van der Waals surface area contributed by atoms with Gasteiger partial charge in [-0.15, -0.1) is 0 Å². The maximum absolute atomic E-state index is 12.6. The molecular weight excluding hydrogens is 348 g/mol. The molecule has 1 N–H and O–H groups in total. The number of nitrogens with one attached hydrogen (secondary N) is 1. The van der Waals surface area contributed by atoms with Crippen LogP contribution in [-0.4, -0.2) is 44.4 Å². The van der Waals surface area contributed by atoms with Crippen LogP contribution in [-0.2, 0) is 16.6 Å². The number of sulfonamides is 1. The molecule has 0 saturated carbocycles. The van der Waals surface area contributed by atoms with E-state index in [1.54, 1.807) is 28.2 Å². The molecule has 1 heterocycles. The summed E-state index contributed by atoms with van der Waals surface area (Å²) in [6.45, 7) is 1.84. The van der Waals surface area contributed by atoms with E-state index in [9.17, 15) is 8.42 Å². The van der Waals surface area contributed by atoms with E-state index in [0.717, 1.165) is 17.1 Å². The van der Waals surface area contributed by atoms with Crippen molar-refractivity contribution in [3.63, 3.8) is 0 Å². The first-order valence-electron chi connectivity index (χ1n) is 6.06. The predicted molar refractivity (Wildman–Crippen MR) is 83.0 cm³/mol. The first-order chi connectivity index (χ1) is 9.05. The van der Waals surface area contributed by atoms with Gasteiger partial charge in [0, 0.05) is 35.6 Å². The molecule has 0 atom stereocenters. The van der Waals surface area contributed by atoms with Gasteiger partial charge in [-0.3, -0.25) is 0 Å². The summed E-state index contributed by atoms with van der Waals surface area (Å²) < 4.78 is 27.5. The second-order valence-corrected chi connectivity index (χ2v) is 8.30. The quantitative estimate of drug-likeness (QED) is 0.886. The topological polar surface area (TPSA) is 49.4 Å². The van der Waals surface area contributed by atoms with Crippen molar-refractivity contribution in [3.05, 3.63) is 28.2 Å². The zero-order valence-corrected chi connectivity index (χ0v) is 13.9. The fraction of sp³-hybridized carbons (Fsp3) is 0.500. The van der Waals surface area contributed by atoms with Crippen molar-refractivity contribution >= 4 is 37.7 Å². The van der Waals surface area contributed by atoms with E-state index in [1.807, 2.05) is 13.1 Å². The van der Waals surface area contributed by atoms with Gasteiger partial charge in [0.25, 0.3) is 0 Å². The van der Waals surface area contributed by atoms with Gasteiger partial charge < -0.3 is 5.32 Å². The standard InChI is InChI=1S/C12H17BrN2O2S2/c1-14-9-10-2-3-11(13)12(8-10)19(16,17)15-4-6-18-7-5-15/h2-3,8,14H,4-7,9H2,1H3. The molecule has 0 bridgehead atoms. The average Bonchev–Trinajstić information content (AvgIpc) is 2.42. The van der Waals surface area contributed by atoms with Gasteiger partial charge >= 0.3 is 0 Å². The van der Waals surface area contributed by atoms with Crippen LogP contribution < -0.4 is 5.32 Å². The second kappa shape index (κ2) is 6.58. The Morgan fingerprint density at radius 3 is 2.68 bits per heavy atom. The van der Waals surface area contributed by atoms with E-state index in [-0.39, 0.29) is 0 Å². The summed E-state index contributed by atoms with van der Waals surface area (Å²) in [5.41, 5.74) is 0.968. The molecule has 0 radical (unpaired) electrons. The van der Waals surface area contributed by atoms with Gasteiger partial charge in [0.05, 0.1) is 4.90 Å². The Hall–Kier alpha value is -0.0800. The summed E-state index contributed by atoms with van der Waals surface area (Å²) in [6, 6.07) is 5.47. The Labute approximate surface area is 127 Å². The minimum Gasteiger partial charge on any atom is -0.316 e. The minimum absolute atomic E-state index is 0.368. The lowest BCUT2D eigenvalue weighted by molar-refractivity contribution is 0.443. The summed E-state index contributed by atoms with van der Waals surface area (Å²) in [5.74, 6) is 1.74. The molecule has 7 heteroatoms. The highest BCUT2D eigenvalue weighted by molar-refractivity contribution is 9.10. The monoisotopic (exact) mass is 364 g/mol. The lowest BCUT2D eigenvalue weighted by Gasteiger charge is -2.26. The third-order valence-corrected chi connectivity index (χ3v) is 6.80. The van der Waals surface area contributed by atoms with Gasteiger partial charge in [-0.25, -0.2) is 8.42 Å². The predicted octanol–water partition coefficient (Wildman–Crippen LogP) is 1.91. The Morgan fingerprint density at radius 2 is 2.05 bits per heavy atom. The maximum atomic E-state index is 12.6. The largest absolute Gasteiger partial charge is 0.316 e. The first kappa shape index (κ1) is 15.3. The van der Waals surface area contributed by atoms with Gasteiger partial charge in [0.15, 0.2) is 0 Å². The fourth-order valence-electron chi connectivity index (χ4n) is 1.99. The molecular formula is C12H17BrN2O2S2. The molecule has 106 valence electrons. The van der Waals surface area contributed by atoms with E-state index in [1.165, 1.54) is 0 Å². The zero-order chi connectivity index (χ0) is 13.9. The SMILES string of the molecule is CNCc1ccc(Br)c(S(=O)(=O)N2CCSCC2)c1. The van der Waals surface area contributed by atoms with Crippen LogP contribution in [0.15, 0.2) is 27.6 Å². The molecule has 2 rings (SSSR count). The van der Waals surface area contributed by atoms with Crippen LogP contribution in [0, 0.1) is 0 Å². The number of thioether (sulfide) groups is 1. The van der Waals surface area contributed by atoms with Gasteiger partial charge in [-0.05, 0) is 40.7 Å². The average molecular weight is 365 g/mol. The third-order valence-electron chi connectivity index (χ3n) is 2.96. The van der Waals surface area contributed by atoms with Crippen molar-refractivity contribution in [1.82, 2.24) is 9.62 Å². The molecule has 19 heavy (non-hydrogen) atoms. The van der Waals surface area contributed by atoms with E-state index < -0.39 is 10.0 Å². The number of rotatable bonds is 4. The summed E-state index contributed by atoms with van der Waals surface area (Å²) in [6.07, 6.45) is 0. The highest BCUT2D eigenvalue weighted by Gasteiger charge is 2.28. The van der Waals surface area contributed by atoms with Crippen molar-refractivity contribution in [2.75, 3.05) is 31.6 Å². The van der Waals surface area contributed by atoms with E-state index in [2.05, 4.69) is 21.2 Å². The second-order valence-electron chi connectivity index (χ2n) is 4.31. The van der Waals surface area contributed by atoms with Crippen LogP contribution in [0.2, 0.25) is 0 Å². The van der Waals surface area contributed by atoms with Gasteiger partial charge in [0.2, 0.25) is 10.0 Å². The Bertz CT molecular complexity index is 543. The lowest BCUT2D eigenvalue weighted by atomic mass is 10.2. The summed E-state index contributed by atoms with van der Waals surface area (Å²) in [5, 5.41) is 3.03. The Balaban J connectivity index is 2.35. The molecule has 0 spiro atoms. The van der Waals surface area contributed by atoms with E-state index >= 15 is 0 Å². The lowest BCUT2D eigenvalue weighted by Crippen LogP contribution is -2.38. The number of hydrogen-bond donors (Lipinski definition) is 1. The van der Waals surface area contributed by atoms with Crippen molar-refractivity contribution in [3.8, 4) is 0 Å². The Kier molecular flexibility index (Phi) is 5.30. The normalized spacial score (nSPS) is 17.6. The molecule has 1 aromatic rings. The fourth-order valence-corrected chi connectivity index (χ4v) is 5.54. The van der Waals surface area contributed by atoms with Gasteiger partial charge in [-0.2, -0.15) is 16.1 Å². The van der Waals surface area contributed by atoms with Crippen molar-refractivity contribution in [2.45, 2.75) is 11.4 Å². The maximum Gasteiger partial charge on any atom is 0.244 e. The zero-order valence-electron chi connectivity index (χ0n) is 10.7. The van der Waals surface area contributed by atoms with Crippen molar-refractivity contribution < 1.29 is 8.42 Å². The number of nitrogens with zero attached hydrogens (tertiary/aromatic N) is 1. The molecule has 0 aromatic heterocycles. The van der Waals surface area contributed by atoms with Crippen LogP contribution in [0.25, 0.3) is 0 Å². The number of halogens is 1. The minimum atomic E-state index is -3.39. The molecule has 4 nitrogen and oxygen atoms in total. The molecule has 0 unspecified atom stereocenters. The van der Waals surface area contributed by atoms with Crippen LogP contribution in [0.1, 0.15) is 5.56 Å². The third kappa shape index (κ3) is 3.52. The van der Waals surface area contributed by atoms with Crippen LogP contribution in [0.5, 0.6) is 0 Å². The first-order valence-corrected chi connectivity index (χ1v) is 9.45. The summed E-state index contributed by atoms with van der Waals surface area (Å²) in [4.78, 5) is 0.368. The van der Waals surface area contributed by atoms with Gasteiger partial charge in [-0.1, -0.05) is 6.07 Å². The number of hydrogen-bond acceptors (Lipinski definition) is 4. The van der Waals surface area contributed by atoms with Crippen LogP contribution >= 0.6 is 27.7 Å². The molecule has 1 aliphatic rings. The molecule has 1 aromatic carbocycles. The molecule has 0 aliphatic carbocycles. The van der Waals surface area contributed by atoms with Crippen molar-refractivity contribution in [1.29, 1.82) is 0 Å².